The number of aromatic nitrogens is 2. The molecule has 0 bridgehead atoms. The maximum absolute atomic E-state index is 4.66. The zero-order chi connectivity index (χ0) is 15.2. The minimum absolute atomic E-state index is 0.445. The van der Waals surface area contributed by atoms with Gasteiger partial charge in [0.05, 0.1) is 11.9 Å². The Kier molecular flexibility index (Phi) is 5.28. The molecule has 2 rings (SSSR count). The molecule has 0 fully saturated rings. The predicted octanol–water partition coefficient (Wildman–Crippen LogP) is 2.92. The molecule has 2 aromatic rings. The lowest BCUT2D eigenvalue weighted by molar-refractivity contribution is 0.580. The Hall–Kier alpha value is -1.94. The van der Waals surface area contributed by atoms with Gasteiger partial charge in [0.1, 0.15) is 5.82 Å². The van der Waals surface area contributed by atoms with Crippen LogP contribution in [0.1, 0.15) is 30.7 Å². The topological polar surface area (TPSA) is 41.1 Å². The molecule has 1 N–H and O–H groups in total. The summed E-state index contributed by atoms with van der Waals surface area (Å²) in [7, 11) is 2.05. The van der Waals surface area contributed by atoms with Gasteiger partial charge in [0.2, 0.25) is 0 Å². The molecule has 0 saturated carbocycles. The second-order valence-corrected chi connectivity index (χ2v) is 5.75. The van der Waals surface area contributed by atoms with E-state index in [9.17, 15) is 0 Å². The van der Waals surface area contributed by atoms with Crippen LogP contribution in [0.25, 0.3) is 0 Å². The van der Waals surface area contributed by atoms with Crippen LogP contribution in [0.5, 0.6) is 0 Å². The predicted molar refractivity (Wildman–Crippen MR) is 87.3 cm³/mol. The van der Waals surface area contributed by atoms with E-state index in [0.717, 1.165) is 24.6 Å². The number of rotatable bonds is 6. The molecule has 1 aromatic heterocycles. The number of aryl methyl sites for hydroxylation is 1. The number of nitrogens with zero attached hydrogens (tertiary/aromatic N) is 3. The van der Waals surface area contributed by atoms with E-state index in [4.69, 9.17) is 0 Å². The van der Waals surface area contributed by atoms with Crippen LogP contribution in [0.4, 0.5) is 5.82 Å². The molecular weight excluding hydrogens is 260 g/mol. The van der Waals surface area contributed by atoms with E-state index >= 15 is 0 Å². The van der Waals surface area contributed by atoms with Crippen molar-refractivity contribution in [2.75, 3.05) is 11.9 Å². The summed E-state index contributed by atoms with van der Waals surface area (Å²) in [5.74, 6) is 0.902. The lowest BCUT2D eigenvalue weighted by Gasteiger charge is -2.19. The van der Waals surface area contributed by atoms with Crippen LogP contribution in [0.3, 0.4) is 0 Å². The molecular formula is C17H24N4. The van der Waals surface area contributed by atoms with Crippen molar-refractivity contribution in [1.82, 2.24) is 15.3 Å². The largest absolute Gasteiger partial charge is 0.354 e. The van der Waals surface area contributed by atoms with E-state index in [2.05, 4.69) is 65.2 Å². The average Bonchev–Trinajstić information content (AvgIpc) is 2.48. The van der Waals surface area contributed by atoms with Crippen molar-refractivity contribution in [3.63, 3.8) is 0 Å². The third-order valence-corrected chi connectivity index (χ3v) is 3.29. The van der Waals surface area contributed by atoms with Gasteiger partial charge in [0, 0.05) is 32.4 Å². The molecule has 21 heavy (non-hydrogen) atoms. The maximum Gasteiger partial charge on any atom is 0.147 e. The summed E-state index contributed by atoms with van der Waals surface area (Å²) in [6.07, 6.45) is 3.63. The molecule has 0 aliphatic heterocycles. The summed E-state index contributed by atoms with van der Waals surface area (Å²) in [4.78, 5) is 11.1. The van der Waals surface area contributed by atoms with Crippen LogP contribution in [-0.2, 0) is 13.1 Å². The monoisotopic (exact) mass is 284 g/mol. The van der Waals surface area contributed by atoms with Gasteiger partial charge in [0.15, 0.2) is 0 Å². The molecule has 0 aliphatic rings. The van der Waals surface area contributed by atoms with Crippen molar-refractivity contribution in [2.45, 2.75) is 39.9 Å². The highest BCUT2D eigenvalue weighted by Crippen LogP contribution is 2.12. The van der Waals surface area contributed by atoms with Crippen molar-refractivity contribution >= 4 is 5.82 Å². The summed E-state index contributed by atoms with van der Waals surface area (Å²) in [5.41, 5.74) is 3.52. The zero-order valence-corrected chi connectivity index (χ0v) is 13.3. The van der Waals surface area contributed by atoms with Crippen molar-refractivity contribution in [3.05, 3.63) is 53.5 Å². The molecule has 0 radical (unpaired) electrons. The lowest BCUT2D eigenvalue weighted by Crippen LogP contribution is -2.23. The van der Waals surface area contributed by atoms with E-state index in [0.29, 0.717) is 6.04 Å². The van der Waals surface area contributed by atoms with Gasteiger partial charge in [-0.25, -0.2) is 4.98 Å². The van der Waals surface area contributed by atoms with Gasteiger partial charge >= 0.3 is 0 Å². The van der Waals surface area contributed by atoms with Crippen molar-refractivity contribution in [1.29, 1.82) is 0 Å². The first-order chi connectivity index (χ1) is 10.0. The number of anilines is 1. The first-order valence-electron chi connectivity index (χ1n) is 7.35. The smallest absolute Gasteiger partial charge is 0.147 e. The van der Waals surface area contributed by atoms with Crippen LogP contribution in [0, 0.1) is 6.92 Å². The Labute approximate surface area is 127 Å². The lowest BCUT2D eigenvalue weighted by atomic mass is 10.1. The number of hydrogen-bond acceptors (Lipinski definition) is 4. The van der Waals surface area contributed by atoms with E-state index in [1.807, 2.05) is 19.4 Å². The summed E-state index contributed by atoms with van der Waals surface area (Å²) in [6.45, 7) is 7.93. The zero-order valence-electron chi connectivity index (χ0n) is 13.3. The van der Waals surface area contributed by atoms with Crippen LogP contribution in [0.15, 0.2) is 36.7 Å². The van der Waals surface area contributed by atoms with E-state index in [1.54, 1.807) is 0 Å². The van der Waals surface area contributed by atoms with Crippen LogP contribution in [0.2, 0.25) is 0 Å². The van der Waals surface area contributed by atoms with Crippen molar-refractivity contribution in [3.8, 4) is 0 Å². The Balaban J connectivity index is 2.03. The molecule has 0 saturated heterocycles. The molecule has 1 heterocycles. The standard InChI is InChI=1S/C17H24N4/c1-13(2)19-10-16-9-18-11-17(20-16)21(4)12-15-7-5-14(3)6-8-15/h5-9,11,13,19H,10,12H2,1-4H3. The molecule has 1 aromatic carbocycles. The Morgan fingerprint density at radius 3 is 2.52 bits per heavy atom. The number of benzene rings is 1. The fourth-order valence-electron chi connectivity index (χ4n) is 2.02. The minimum atomic E-state index is 0.445. The number of nitrogens with one attached hydrogen (secondary N) is 1. The third-order valence-electron chi connectivity index (χ3n) is 3.29. The van der Waals surface area contributed by atoms with E-state index < -0.39 is 0 Å². The third kappa shape index (κ3) is 4.83. The van der Waals surface area contributed by atoms with Crippen molar-refractivity contribution < 1.29 is 0 Å². The van der Waals surface area contributed by atoms with Crippen molar-refractivity contribution in [2.24, 2.45) is 0 Å². The molecule has 0 amide bonds. The molecule has 0 atom stereocenters. The second kappa shape index (κ2) is 7.18. The highest BCUT2D eigenvalue weighted by Gasteiger charge is 2.06. The first-order valence-corrected chi connectivity index (χ1v) is 7.35. The molecule has 0 spiro atoms. The summed E-state index contributed by atoms with van der Waals surface area (Å²) in [6, 6.07) is 9.03. The highest BCUT2D eigenvalue weighted by atomic mass is 15.2. The normalized spacial score (nSPS) is 10.9. The van der Waals surface area contributed by atoms with E-state index in [-0.39, 0.29) is 0 Å². The van der Waals surface area contributed by atoms with Gasteiger partial charge < -0.3 is 10.2 Å². The second-order valence-electron chi connectivity index (χ2n) is 5.75. The quantitative estimate of drug-likeness (QED) is 0.885. The van der Waals surface area contributed by atoms with Gasteiger partial charge in [0.25, 0.3) is 0 Å². The summed E-state index contributed by atoms with van der Waals surface area (Å²) >= 11 is 0. The average molecular weight is 284 g/mol. The maximum atomic E-state index is 4.66. The fraction of sp³-hybridized carbons (Fsp3) is 0.412. The molecule has 4 heteroatoms. The molecule has 4 nitrogen and oxygen atoms in total. The summed E-state index contributed by atoms with van der Waals surface area (Å²) < 4.78 is 0. The molecule has 0 unspecified atom stereocenters. The highest BCUT2D eigenvalue weighted by molar-refractivity contribution is 5.37. The number of hydrogen-bond donors (Lipinski definition) is 1. The molecule has 0 aliphatic carbocycles. The van der Waals surface area contributed by atoms with Gasteiger partial charge in [-0.2, -0.15) is 0 Å². The first kappa shape index (κ1) is 15.4. The van der Waals surface area contributed by atoms with Gasteiger partial charge in [-0.3, -0.25) is 4.98 Å². The van der Waals surface area contributed by atoms with Crippen LogP contribution < -0.4 is 10.2 Å². The fourth-order valence-corrected chi connectivity index (χ4v) is 2.02. The Morgan fingerprint density at radius 1 is 1.14 bits per heavy atom. The summed E-state index contributed by atoms with van der Waals surface area (Å²) in [5, 5.41) is 3.36. The molecule has 112 valence electrons. The Morgan fingerprint density at radius 2 is 1.86 bits per heavy atom. The Bertz CT molecular complexity index is 563. The van der Waals surface area contributed by atoms with Gasteiger partial charge in [-0.1, -0.05) is 43.7 Å². The van der Waals surface area contributed by atoms with Gasteiger partial charge in [-0.15, -0.1) is 0 Å². The van der Waals surface area contributed by atoms with Crippen LogP contribution >= 0.6 is 0 Å². The van der Waals surface area contributed by atoms with Gasteiger partial charge in [-0.05, 0) is 12.5 Å². The SMILES string of the molecule is Cc1ccc(CN(C)c2cncc(CNC(C)C)n2)cc1. The van der Waals surface area contributed by atoms with Crippen LogP contribution in [-0.4, -0.2) is 23.1 Å². The minimum Gasteiger partial charge on any atom is -0.354 e. The van der Waals surface area contributed by atoms with E-state index in [1.165, 1.54) is 11.1 Å².